The van der Waals surface area contributed by atoms with Crippen LogP contribution in [0.25, 0.3) is 44.1 Å². The quantitative estimate of drug-likeness (QED) is 0.262. The molecule has 0 radical (unpaired) electrons. The number of hydrogen-bond donors (Lipinski definition) is 2. The molecule has 0 unspecified atom stereocenters. The van der Waals surface area contributed by atoms with Crippen LogP contribution in [0, 0.1) is 0 Å². The van der Waals surface area contributed by atoms with Crippen LogP contribution in [-0.2, 0) is 19.3 Å². The number of aromatic amines is 1. The third kappa shape index (κ3) is 3.49. The molecule has 0 fully saturated rings. The van der Waals surface area contributed by atoms with Crippen molar-refractivity contribution in [3.05, 3.63) is 120 Å². The van der Waals surface area contributed by atoms with Crippen molar-refractivity contribution in [2.24, 2.45) is 0 Å². The molecule has 7 rings (SSSR count). The van der Waals surface area contributed by atoms with Gasteiger partial charge in [0.2, 0.25) is 0 Å². The molecule has 0 saturated carbocycles. The first-order valence-corrected chi connectivity index (χ1v) is 12.9. The van der Waals surface area contributed by atoms with Gasteiger partial charge in [0.15, 0.2) is 0 Å². The monoisotopic (exact) mass is 464 g/mol. The summed E-state index contributed by atoms with van der Waals surface area (Å²) in [5, 5.41) is 6.26. The first-order chi connectivity index (χ1) is 17.8. The average molecular weight is 465 g/mol. The number of hydrogen-bond acceptors (Lipinski definition) is 1. The fourth-order valence-electron chi connectivity index (χ4n) is 5.60. The van der Waals surface area contributed by atoms with Crippen LogP contribution in [0.2, 0.25) is 0 Å². The zero-order valence-electron chi connectivity index (χ0n) is 20.4. The van der Waals surface area contributed by atoms with Gasteiger partial charge in [-0.1, -0.05) is 67.6 Å². The SMILES string of the molecule is CCc1ccc(-c2ccc3[nH]c4ccccc4c3c2)cc1-c1ccccc1Nc1ccc2c(c1)CC2. The molecule has 2 nitrogen and oxygen atoms in total. The van der Waals surface area contributed by atoms with E-state index in [1.807, 2.05) is 0 Å². The van der Waals surface area contributed by atoms with E-state index in [0.29, 0.717) is 0 Å². The third-order valence-electron chi connectivity index (χ3n) is 7.70. The maximum atomic E-state index is 3.72. The number of anilines is 2. The number of rotatable bonds is 5. The second-order valence-corrected chi connectivity index (χ2v) is 9.81. The van der Waals surface area contributed by atoms with Crippen molar-refractivity contribution in [2.45, 2.75) is 26.2 Å². The number of H-pyrrole nitrogens is 1. The Hall–Kier alpha value is -4.30. The molecule has 0 bridgehead atoms. The minimum absolute atomic E-state index is 0.990. The van der Waals surface area contributed by atoms with E-state index in [1.165, 1.54) is 79.3 Å². The molecule has 0 saturated heterocycles. The van der Waals surface area contributed by atoms with Gasteiger partial charge in [0.25, 0.3) is 0 Å². The topological polar surface area (TPSA) is 27.8 Å². The Morgan fingerprint density at radius 2 is 1.42 bits per heavy atom. The Morgan fingerprint density at radius 1 is 0.639 bits per heavy atom. The minimum Gasteiger partial charge on any atom is -0.355 e. The van der Waals surface area contributed by atoms with Crippen molar-refractivity contribution >= 4 is 33.2 Å². The average Bonchev–Trinajstić information content (AvgIpc) is 3.28. The van der Waals surface area contributed by atoms with Gasteiger partial charge in [0.1, 0.15) is 0 Å². The fraction of sp³-hybridized carbons (Fsp3) is 0.118. The van der Waals surface area contributed by atoms with E-state index in [-0.39, 0.29) is 0 Å². The molecule has 0 aliphatic heterocycles. The molecule has 36 heavy (non-hydrogen) atoms. The number of fused-ring (bicyclic) bond motifs is 4. The first kappa shape index (κ1) is 21.0. The summed E-state index contributed by atoms with van der Waals surface area (Å²) in [7, 11) is 0. The van der Waals surface area contributed by atoms with E-state index in [0.717, 1.165) is 12.1 Å². The molecule has 174 valence electrons. The van der Waals surface area contributed by atoms with Crippen LogP contribution in [-0.4, -0.2) is 4.98 Å². The highest BCUT2D eigenvalue weighted by atomic mass is 14.9. The van der Waals surface area contributed by atoms with Gasteiger partial charge in [0.05, 0.1) is 0 Å². The second kappa shape index (κ2) is 8.42. The second-order valence-electron chi connectivity index (χ2n) is 9.81. The molecule has 1 aliphatic carbocycles. The largest absolute Gasteiger partial charge is 0.355 e. The highest BCUT2D eigenvalue weighted by Crippen LogP contribution is 2.37. The molecule has 2 heteroatoms. The predicted octanol–water partition coefficient (Wildman–Crippen LogP) is 9.06. The van der Waals surface area contributed by atoms with Crippen LogP contribution in [0.3, 0.4) is 0 Å². The van der Waals surface area contributed by atoms with E-state index in [9.17, 15) is 0 Å². The zero-order valence-corrected chi connectivity index (χ0v) is 20.4. The van der Waals surface area contributed by atoms with Gasteiger partial charge in [-0.15, -0.1) is 0 Å². The van der Waals surface area contributed by atoms with Crippen LogP contribution in [0.5, 0.6) is 0 Å². The van der Waals surface area contributed by atoms with Crippen LogP contribution in [0.4, 0.5) is 11.4 Å². The van der Waals surface area contributed by atoms with E-state index in [2.05, 4.69) is 120 Å². The van der Waals surface area contributed by atoms with E-state index < -0.39 is 0 Å². The fourth-order valence-corrected chi connectivity index (χ4v) is 5.60. The third-order valence-corrected chi connectivity index (χ3v) is 7.70. The van der Waals surface area contributed by atoms with Crippen molar-refractivity contribution in [3.8, 4) is 22.3 Å². The Bertz CT molecular complexity index is 1760. The Balaban J connectivity index is 1.32. The maximum Gasteiger partial charge on any atom is 0.0465 e. The zero-order chi connectivity index (χ0) is 24.1. The molecule has 1 heterocycles. The molecule has 2 N–H and O–H groups in total. The van der Waals surface area contributed by atoms with Crippen molar-refractivity contribution < 1.29 is 0 Å². The summed E-state index contributed by atoms with van der Waals surface area (Å²) in [4.78, 5) is 3.55. The summed E-state index contributed by atoms with van der Waals surface area (Å²) in [6, 6.07) is 37.7. The number of benzene rings is 5. The van der Waals surface area contributed by atoms with Gasteiger partial charge in [0, 0.05) is 38.7 Å². The lowest BCUT2D eigenvalue weighted by atomic mass is 9.88. The molecular weight excluding hydrogens is 436 g/mol. The summed E-state index contributed by atoms with van der Waals surface area (Å²) < 4.78 is 0. The maximum absolute atomic E-state index is 3.72. The number of aryl methyl sites for hydroxylation is 3. The Morgan fingerprint density at radius 3 is 2.28 bits per heavy atom. The smallest absolute Gasteiger partial charge is 0.0465 e. The summed E-state index contributed by atoms with van der Waals surface area (Å²) in [6.07, 6.45) is 3.39. The first-order valence-electron chi connectivity index (χ1n) is 12.9. The van der Waals surface area contributed by atoms with Crippen molar-refractivity contribution in [3.63, 3.8) is 0 Å². The predicted molar refractivity (Wildman–Crippen MR) is 153 cm³/mol. The van der Waals surface area contributed by atoms with Crippen molar-refractivity contribution in [2.75, 3.05) is 5.32 Å². The number of para-hydroxylation sites is 2. The molecular formula is C34H28N2. The van der Waals surface area contributed by atoms with Crippen LogP contribution >= 0.6 is 0 Å². The van der Waals surface area contributed by atoms with Gasteiger partial charge in [-0.05, 0) is 95.1 Å². The molecule has 1 aromatic heterocycles. The lowest BCUT2D eigenvalue weighted by Gasteiger charge is -2.21. The summed E-state index contributed by atoms with van der Waals surface area (Å²) in [5.74, 6) is 0. The van der Waals surface area contributed by atoms with Crippen LogP contribution in [0.15, 0.2) is 103 Å². The Kier molecular flexibility index (Phi) is 4.92. The molecule has 6 aromatic rings. The minimum atomic E-state index is 0.990. The van der Waals surface area contributed by atoms with E-state index in [4.69, 9.17) is 0 Å². The van der Waals surface area contributed by atoms with Crippen molar-refractivity contribution in [1.29, 1.82) is 0 Å². The van der Waals surface area contributed by atoms with Gasteiger partial charge in [-0.3, -0.25) is 0 Å². The normalized spacial score (nSPS) is 12.5. The molecule has 0 spiro atoms. The molecule has 5 aromatic carbocycles. The summed E-state index contributed by atoms with van der Waals surface area (Å²) in [5.41, 5.74) is 14.0. The lowest BCUT2D eigenvalue weighted by Crippen LogP contribution is -2.08. The van der Waals surface area contributed by atoms with Gasteiger partial charge in [-0.2, -0.15) is 0 Å². The summed E-state index contributed by atoms with van der Waals surface area (Å²) in [6.45, 7) is 2.24. The molecule has 1 aliphatic rings. The van der Waals surface area contributed by atoms with Gasteiger partial charge >= 0.3 is 0 Å². The van der Waals surface area contributed by atoms with E-state index in [1.54, 1.807) is 0 Å². The molecule has 0 amide bonds. The number of aromatic nitrogens is 1. The highest BCUT2D eigenvalue weighted by Gasteiger charge is 2.15. The standard InChI is InChI=1S/C34H28N2/c1-2-22-11-13-25(26-16-18-34-31(21-26)29-8-4-6-10-33(29)36-34)20-30(22)28-7-3-5-9-32(28)35-27-17-15-23-12-14-24(23)19-27/h3-11,13,15-21,35-36H,2,12,14H2,1H3. The Labute approximate surface area is 211 Å². The van der Waals surface area contributed by atoms with Crippen molar-refractivity contribution in [1.82, 2.24) is 4.98 Å². The summed E-state index contributed by atoms with van der Waals surface area (Å²) >= 11 is 0. The van der Waals surface area contributed by atoms with Gasteiger partial charge in [-0.25, -0.2) is 0 Å². The lowest BCUT2D eigenvalue weighted by molar-refractivity contribution is 0.840. The van der Waals surface area contributed by atoms with Crippen LogP contribution in [0.1, 0.15) is 23.6 Å². The highest BCUT2D eigenvalue weighted by molar-refractivity contribution is 6.08. The van der Waals surface area contributed by atoms with Crippen LogP contribution < -0.4 is 5.32 Å². The molecule has 0 atom stereocenters. The van der Waals surface area contributed by atoms with E-state index >= 15 is 0 Å². The van der Waals surface area contributed by atoms with Gasteiger partial charge < -0.3 is 10.3 Å². The number of nitrogens with one attached hydrogen (secondary N) is 2.